The normalized spacial score (nSPS) is 14.6. The van der Waals surface area contributed by atoms with Gasteiger partial charge in [0.15, 0.2) is 0 Å². The summed E-state index contributed by atoms with van der Waals surface area (Å²) in [5.41, 5.74) is 7.58. The summed E-state index contributed by atoms with van der Waals surface area (Å²) in [7, 11) is 0. The molecule has 0 aliphatic rings. The van der Waals surface area contributed by atoms with Crippen LogP contribution in [0.3, 0.4) is 0 Å². The van der Waals surface area contributed by atoms with Gasteiger partial charge in [-0.25, -0.2) is 4.79 Å². The molecule has 0 fully saturated rings. The lowest BCUT2D eigenvalue weighted by Gasteiger charge is -2.25. The maximum absolute atomic E-state index is 13.2. The zero-order chi connectivity index (χ0) is 26.8. The smallest absolute Gasteiger partial charge is 0.326 e. The Balaban J connectivity index is 2.21. The average molecular weight is 522 g/mol. The number of H-pyrrole nitrogens is 1. The quantitative estimate of drug-likeness (QED) is 0.181. The summed E-state index contributed by atoms with van der Waals surface area (Å²) < 4.78 is 0. The SMILES string of the molecule is CSCCC(NC(=O)C(CO)NC(=O)C(Cc1c[nH]c2ccccc12)NC(=O)C(N)C(C)C)C(=O)O. The minimum atomic E-state index is -1.41. The van der Waals surface area contributed by atoms with Crippen LogP contribution in [0.2, 0.25) is 0 Å². The van der Waals surface area contributed by atoms with Crippen LogP contribution in [0.25, 0.3) is 10.9 Å². The second kappa shape index (κ2) is 13.9. The number of thioether (sulfide) groups is 1. The minimum absolute atomic E-state index is 0.0949. The van der Waals surface area contributed by atoms with Crippen molar-refractivity contribution in [2.75, 3.05) is 18.6 Å². The second-order valence-corrected chi connectivity index (χ2v) is 9.80. The number of aliphatic carboxylic acids is 1. The van der Waals surface area contributed by atoms with Gasteiger partial charge in [-0.15, -0.1) is 0 Å². The molecule has 0 saturated carbocycles. The van der Waals surface area contributed by atoms with Crippen LogP contribution in [0.1, 0.15) is 25.8 Å². The van der Waals surface area contributed by atoms with Gasteiger partial charge in [0.2, 0.25) is 17.7 Å². The van der Waals surface area contributed by atoms with E-state index in [1.54, 1.807) is 20.0 Å². The Morgan fingerprint density at radius 1 is 1.00 bits per heavy atom. The number of carboxylic acids is 1. The van der Waals surface area contributed by atoms with Gasteiger partial charge in [0.05, 0.1) is 12.6 Å². The molecule has 0 aliphatic carbocycles. The van der Waals surface area contributed by atoms with E-state index in [4.69, 9.17) is 5.73 Å². The first-order valence-corrected chi connectivity index (χ1v) is 13.0. The van der Waals surface area contributed by atoms with Gasteiger partial charge in [0.25, 0.3) is 0 Å². The number of carboxylic acid groups (broad SMARTS) is 1. The summed E-state index contributed by atoms with van der Waals surface area (Å²) in [4.78, 5) is 53.1. The fourth-order valence-corrected chi connectivity index (χ4v) is 4.00. The van der Waals surface area contributed by atoms with Crippen LogP contribution in [0.4, 0.5) is 0 Å². The highest BCUT2D eigenvalue weighted by Gasteiger charge is 2.31. The molecule has 198 valence electrons. The Labute approximate surface area is 214 Å². The number of para-hydroxylation sites is 1. The van der Waals surface area contributed by atoms with Crippen LogP contribution in [0, 0.1) is 5.92 Å². The predicted molar refractivity (Wildman–Crippen MR) is 138 cm³/mol. The molecular weight excluding hydrogens is 486 g/mol. The first-order valence-electron chi connectivity index (χ1n) is 11.6. The third-order valence-corrected chi connectivity index (χ3v) is 6.44. The summed E-state index contributed by atoms with van der Waals surface area (Å²) in [5.74, 6) is -2.97. The number of aliphatic hydroxyl groups excluding tert-OH is 1. The Bertz CT molecular complexity index is 1060. The first kappa shape index (κ1) is 29.1. The van der Waals surface area contributed by atoms with Crippen molar-refractivity contribution in [2.24, 2.45) is 11.7 Å². The zero-order valence-corrected chi connectivity index (χ0v) is 21.4. The number of hydrogen-bond acceptors (Lipinski definition) is 7. The van der Waals surface area contributed by atoms with Gasteiger partial charge in [-0.05, 0) is 36.0 Å². The van der Waals surface area contributed by atoms with Crippen molar-refractivity contribution in [3.05, 3.63) is 36.0 Å². The maximum Gasteiger partial charge on any atom is 0.326 e. The molecule has 1 aromatic carbocycles. The number of carbonyl (C=O) groups is 4. The number of rotatable bonds is 14. The molecule has 11 nitrogen and oxygen atoms in total. The van der Waals surface area contributed by atoms with Crippen molar-refractivity contribution in [1.29, 1.82) is 0 Å². The zero-order valence-electron chi connectivity index (χ0n) is 20.6. The molecule has 12 heteroatoms. The van der Waals surface area contributed by atoms with Gasteiger partial charge in [-0.3, -0.25) is 14.4 Å². The fraction of sp³-hybridized carbons (Fsp3) is 0.500. The number of amides is 3. The Kier molecular flexibility index (Phi) is 11.2. The maximum atomic E-state index is 13.2. The average Bonchev–Trinajstić information content (AvgIpc) is 3.26. The molecule has 0 bridgehead atoms. The third kappa shape index (κ3) is 7.97. The van der Waals surface area contributed by atoms with Gasteiger partial charge in [-0.2, -0.15) is 11.8 Å². The molecule has 4 unspecified atom stereocenters. The largest absolute Gasteiger partial charge is 0.480 e. The van der Waals surface area contributed by atoms with Crippen LogP contribution in [0.15, 0.2) is 30.5 Å². The number of aromatic amines is 1. The molecule has 0 spiro atoms. The first-order chi connectivity index (χ1) is 17.1. The van der Waals surface area contributed by atoms with Crippen LogP contribution in [0.5, 0.6) is 0 Å². The van der Waals surface area contributed by atoms with Crippen molar-refractivity contribution < 1.29 is 29.4 Å². The van der Waals surface area contributed by atoms with Crippen molar-refractivity contribution in [1.82, 2.24) is 20.9 Å². The van der Waals surface area contributed by atoms with Crippen molar-refractivity contribution in [2.45, 2.75) is 50.9 Å². The number of aliphatic hydroxyl groups is 1. The van der Waals surface area contributed by atoms with E-state index in [0.29, 0.717) is 5.75 Å². The Morgan fingerprint density at radius 3 is 2.22 bits per heavy atom. The van der Waals surface area contributed by atoms with E-state index in [2.05, 4.69) is 20.9 Å². The lowest BCUT2D eigenvalue weighted by molar-refractivity contribution is -0.142. The van der Waals surface area contributed by atoms with Gasteiger partial charge >= 0.3 is 5.97 Å². The summed E-state index contributed by atoms with van der Waals surface area (Å²) in [5, 5.41) is 27.4. The molecule has 2 aromatic rings. The molecule has 36 heavy (non-hydrogen) atoms. The van der Waals surface area contributed by atoms with E-state index in [9.17, 15) is 29.4 Å². The van der Waals surface area contributed by atoms with E-state index in [0.717, 1.165) is 16.5 Å². The van der Waals surface area contributed by atoms with Gasteiger partial charge < -0.3 is 36.9 Å². The van der Waals surface area contributed by atoms with E-state index in [1.165, 1.54) is 11.8 Å². The Morgan fingerprint density at radius 2 is 1.61 bits per heavy atom. The number of nitrogens with two attached hydrogens (primary N) is 1. The molecule has 0 aliphatic heterocycles. The minimum Gasteiger partial charge on any atom is -0.480 e. The van der Waals surface area contributed by atoms with Crippen LogP contribution in [-0.4, -0.2) is 81.7 Å². The third-order valence-electron chi connectivity index (χ3n) is 5.79. The molecule has 8 N–H and O–H groups in total. The molecule has 2 rings (SSSR count). The van der Waals surface area contributed by atoms with Gasteiger partial charge in [0, 0.05) is 23.5 Å². The fourth-order valence-electron chi connectivity index (χ4n) is 3.53. The standard InChI is InChI=1S/C24H35N5O6S/c1-13(2)20(25)23(33)28-18(10-14-11-26-16-7-5-4-6-15(14)16)21(31)29-19(12-30)22(32)27-17(24(34)35)8-9-36-3/h4-7,11,13,17-20,26,30H,8-10,12,25H2,1-3H3,(H,27,32)(H,28,33)(H,29,31)(H,34,35). The molecule has 0 saturated heterocycles. The summed E-state index contributed by atoms with van der Waals surface area (Å²) >= 11 is 1.43. The number of fused-ring (bicyclic) bond motifs is 1. The van der Waals surface area contributed by atoms with E-state index < -0.39 is 54.5 Å². The van der Waals surface area contributed by atoms with Crippen molar-refractivity contribution >= 4 is 46.4 Å². The predicted octanol–water partition coefficient (Wildman–Crippen LogP) is -0.0219. The molecule has 1 aromatic heterocycles. The number of benzene rings is 1. The molecule has 1 heterocycles. The summed E-state index contributed by atoms with van der Waals surface area (Å²) in [6.07, 6.45) is 3.82. The monoisotopic (exact) mass is 521 g/mol. The van der Waals surface area contributed by atoms with E-state index in [-0.39, 0.29) is 18.8 Å². The lowest BCUT2D eigenvalue weighted by Crippen LogP contribution is -2.59. The van der Waals surface area contributed by atoms with Crippen LogP contribution < -0.4 is 21.7 Å². The Hall–Kier alpha value is -3.09. The topological polar surface area (TPSA) is 187 Å². The summed E-state index contributed by atoms with van der Waals surface area (Å²) in [6, 6.07) is 2.94. The van der Waals surface area contributed by atoms with Gasteiger partial charge in [-0.1, -0.05) is 32.0 Å². The molecular formula is C24H35N5O6S. The lowest BCUT2D eigenvalue weighted by atomic mass is 10.0. The van der Waals surface area contributed by atoms with Crippen molar-refractivity contribution in [3.8, 4) is 0 Å². The highest BCUT2D eigenvalue weighted by molar-refractivity contribution is 7.98. The van der Waals surface area contributed by atoms with E-state index in [1.807, 2.05) is 30.5 Å². The number of nitrogens with one attached hydrogen (secondary N) is 4. The molecule has 0 radical (unpaired) electrons. The molecule has 4 atom stereocenters. The number of hydrogen-bond donors (Lipinski definition) is 7. The van der Waals surface area contributed by atoms with Crippen LogP contribution in [-0.2, 0) is 25.6 Å². The number of carbonyl (C=O) groups excluding carboxylic acids is 3. The number of aromatic nitrogens is 1. The highest BCUT2D eigenvalue weighted by Crippen LogP contribution is 2.19. The van der Waals surface area contributed by atoms with E-state index >= 15 is 0 Å². The van der Waals surface area contributed by atoms with Gasteiger partial charge in [0.1, 0.15) is 18.1 Å². The van der Waals surface area contributed by atoms with Crippen molar-refractivity contribution in [3.63, 3.8) is 0 Å². The second-order valence-electron chi connectivity index (χ2n) is 8.82. The molecule has 3 amide bonds. The summed E-state index contributed by atoms with van der Waals surface area (Å²) in [6.45, 7) is 2.80. The highest BCUT2D eigenvalue weighted by atomic mass is 32.2. The van der Waals surface area contributed by atoms with Crippen LogP contribution >= 0.6 is 11.8 Å².